The van der Waals surface area contributed by atoms with Crippen LogP contribution in [0.4, 0.5) is 5.69 Å². The number of amides is 1. The van der Waals surface area contributed by atoms with Crippen LogP contribution in [0.25, 0.3) is 11.0 Å². The lowest BCUT2D eigenvalue weighted by Crippen LogP contribution is -2.14. The summed E-state index contributed by atoms with van der Waals surface area (Å²) in [7, 11) is 0. The highest BCUT2D eigenvalue weighted by molar-refractivity contribution is 7.99. The molecule has 0 aliphatic rings. The first kappa shape index (κ1) is 17.7. The number of carbonyl (C=O) groups is 1. The number of H-pyrrole nitrogens is 1. The van der Waals surface area contributed by atoms with Gasteiger partial charge in [-0.15, -0.1) is 11.8 Å². The zero-order chi connectivity index (χ0) is 17.6. The minimum Gasteiger partial charge on any atom is -0.494 e. The van der Waals surface area contributed by atoms with Gasteiger partial charge in [-0.3, -0.25) is 4.79 Å². The molecule has 0 aliphatic carbocycles. The number of carbonyl (C=O) groups excluding carboxylic acids is 1. The zero-order valence-electron chi connectivity index (χ0n) is 14.0. The molecule has 3 aromatic rings. The topological polar surface area (TPSA) is 67.0 Å². The van der Waals surface area contributed by atoms with Crippen molar-refractivity contribution in [2.24, 2.45) is 0 Å². The lowest BCUT2D eigenvalue weighted by molar-refractivity contribution is -0.113. The lowest BCUT2D eigenvalue weighted by atomic mass is 10.3. The number of rotatable bonds is 7. The SMILES string of the molecule is CCOc1ccc2nc(SCC(=O)Nc3ccccc3SC)[nH]c2c1. The lowest BCUT2D eigenvalue weighted by Gasteiger charge is -2.08. The monoisotopic (exact) mass is 373 g/mol. The summed E-state index contributed by atoms with van der Waals surface area (Å²) in [6.45, 7) is 2.57. The van der Waals surface area contributed by atoms with Crippen LogP contribution in [0, 0.1) is 0 Å². The van der Waals surface area contributed by atoms with Crippen LogP contribution >= 0.6 is 23.5 Å². The van der Waals surface area contributed by atoms with Gasteiger partial charge in [-0.25, -0.2) is 4.98 Å². The second-order valence-corrected chi connectivity index (χ2v) is 7.00. The molecule has 1 amide bonds. The van der Waals surface area contributed by atoms with E-state index in [-0.39, 0.29) is 5.91 Å². The highest BCUT2D eigenvalue weighted by Gasteiger charge is 2.10. The van der Waals surface area contributed by atoms with Crippen LogP contribution in [-0.4, -0.2) is 34.5 Å². The van der Waals surface area contributed by atoms with E-state index in [9.17, 15) is 4.79 Å². The molecule has 1 aromatic heterocycles. The van der Waals surface area contributed by atoms with Crippen LogP contribution in [0.3, 0.4) is 0 Å². The van der Waals surface area contributed by atoms with Gasteiger partial charge in [-0.1, -0.05) is 23.9 Å². The Morgan fingerprint density at radius 1 is 1.28 bits per heavy atom. The number of hydrogen-bond acceptors (Lipinski definition) is 5. The van der Waals surface area contributed by atoms with Crippen molar-refractivity contribution < 1.29 is 9.53 Å². The standard InChI is InChI=1S/C18H19N3O2S2/c1-3-23-12-8-9-13-15(10-12)21-18(20-13)25-11-17(22)19-14-6-4-5-7-16(14)24-2/h4-10H,3,11H2,1-2H3,(H,19,22)(H,20,21). The van der Waals surface area contributed by atoms with Crippen molar-refractivity contribution in [1.29, 1.82) is 0 Å². The number of hydrogen-bond donors (Lipinski definition) is 2. The van der Waals surface area contributed by atoms with Gasteiger partial charge in [0.1, 0.15) is 5.75 Å². The molecule has 5 nitrogen and oxygen atoms in total. The van der Waals surface area contributed by atoms with E-state index in [1.807, 2.05) is 55.6 Å². The maximum atomic E-state index is 12.2. The normalized spacial score (nSPS) is 10.8. The van der Waals surface area contributed by atoms with E-state index in [0.717, 1.165) is 32.5 Å². The predicted molar refractivity (Wildman–Crippen MR) is 105 cm³/mol. The first-order valence-electron chi connectivity index (χ1n) is 7.88. The Bertz CT molecular complexity index is 880. The van der Waals surface area contributed by atoms with E-state index in [4.69, 9.17) is 4.74 Å². The molecule has 0 unspecified atom stereocenters. The van der Waals surface area contributed by atoms with Crippen molar-refractivity contribution in [3.63, 3.8) is 0 Å². The molecule has 0 fully saturated rings. The number of aromatic nitrogens is 2. The van der Waals surface area contributed by atoms with Crippen molar-refractivity contribution in [2.45, 2.75) is 17.0 Å². The average Bonchev–Trinajstić information content (AvgIpc) is 3.03. The maximum Gasteiger partial charge on any atom is 0.234 e. The van der Waals surface area contributed by atoms with E-state index in [2.05, 4.69) is 15.3 Å². The summed E-state index contributed by atoms with van der Waals surface area (Å²) in [5.41, 5.74) is 2.60. The molecular formula is C18H19N3O2S2. The summed E-state index contributed by atoms with van der Waals surface area (Å²) in [5, 5.41) is 3.67. The third-order valence-electron chi connectivity index (χ3n) is 3.46. The fourth-order valence-corrected chi connectivity index (χ4v) is 3.60. The number of nitrogens with one attached hydrogen (secondary N) is 2. The molecule has 0 spiro atoms. The molecular weight excluding hydrogens is 354 g/mol. The molecule has 2 aromatic carbocycles. The molecule has 0 saturated heterocycles. The van der Waals surface area contributed by atoms with Crippen LogP contribution in [-0.2, 0) is 4.79 Å². The predicted octanol–water partition coefficient (Wildman–Crippen LogP) is 4.41. The van der Waals surface area contributed by atoms with Crippen LogP contribution < -0.4 is 10.1 Å². The van der Waals surface area contributed by atoms with Gasteiger partial charge in [0.15, 0.2) is 5.16 Å². The Morgan fingerprint density at radius 2 is 2.12 bits per heavy atom. The van der Waals surface area contributed by atoms with Crippen molar-refractivity contribution in [2.75, 3.05) is 23.9 Å². The van der Waals surface area contributed by atoms with Gasteiger partial charge >= 0.3 is 0 Å². The number of thioether (sulfide) groups is 2. The Balaban J connectivity index is 1.62. The first-order chi connectivity index (χ1) is 12.2. The molecule has 3 rings (SSSR count). The van der Waals surface area contributed by atoms with Gasteiger partial charge in [0.05, 0.1) is 29.1 Å². The van der Waals surface area contributed by atoms with Crippen molar-refractivity contribution in [3.8, 4) is 5.75 Å². The third-order valence-corrected chi connectivity index (χ3v) is 5.13. The fraction of sp³-hybridized carbons (Fsp3) is 0.222. The largest absolute Gasteiger partial charge is 0.494 e. The van der Waals surface area contributed by atoms with Gasteiger partial charge in [0.2, 0.25) is 5.91 Å². The quantitative estimate of drug-likeness (QED) is 0.600. The molecule has 0 saturated carbocycles. The summed E-state index contributed by atoms with van der Waals surface area (Å²) in [5.74, 6) is 1.05. The second-order valence-electron chi connectivity index (χ2n) is 5.19. The minimum atomic E-state index is -0.0537. The molecule has 0 bridgehead atoms. The number of benzene rings is 2. The Morgan fingerprint density at radius 3 is 2.92 bits per heavy atom. The highest BCUT2D eigenvalue weighted by Crippen LogP contribution is 2.26. The summed E-state index contributed by atoms with van der Waals surface area (Å²) >= 11 is 2.99. The molecule has 25 heavy (non-hydrogen) atoms. The Hall–Kier alpha value is -2.12. The van der Waals surface area contributed by atoms with Crippen molar-refractivity contribution >= 4 is 46.2 Å². The van der Waals surface area contributed by atoms with E-state index in [1.165, 1.54) is 11.8 Å². The Labute approximate surface area is 154 Å². The first-order valence-corrected chi connectivity index (χ1v) is 10.1. The number of aromatic amines is 1. The van der Waals surface area contributed by atoms with Gasteiger partial charge in [0, 0.05) is 11.0 Å². The smallest absolute Gasteiger partial charge is 0.234 e. The summed E-state index contributed by atoms with van der Waals surface area (Å²) in [6, 6.07) is 13.5. The molecule has 130 valence electrons. The van der Waals surface area contributed by atoms with Crippen LogP contribution in [0.5, 0.6) is 5.75 Å². The number of fused-ring (bicyclic) bond motifs is 1. The Kier molecular flexibility index (Phi) is 5.88. The van der Waals surface area contributed by atoms with Crippen LogP contribution in [0.15, 0.2) is 52.5 Å². The van der Waals surface area contributed by atoms with Gasteiger partial charge in [-0.05, 0) is 37.4 Å². The molecule has 7 heteroatoms. The summed E-state index contributed by atoms with van der Waals surface area (Å²) < 4.78 is 5.49. The number of nitrogens with zero attached hydrogens (tertiary/aromatic N) is 1. The fourth-order valence-electron chi connectivity index (χ4n) is 2.36. The number of ether oxygens (including phenoxy) is 1. The molecule has 0 aliphatic heterocycles. The second kappa shape index (κ2) is 8.31. The van der Waals surface area contributed by atoms with E-state index >= 15 is 0 Å². The molecule has 2 N–H and O–H groups in total. The molecule has 0 atom stereocenters. The summed E-state index contributed by atoms with van der Waals surface area (Å²) in [4.78, 5) is 21.0. The summed E-state index contributed by atoms with van der Waals surface area (Å²) in [6.07, 6.45) is 1.99. The highest BCUT2D eigenvalue weighted by atomic mass is 32.2. The minimum absolute atomic E-state index is 0.0537. The van der Waals surface area contributed by atoms with Crippen molar-refractivity contribution in [3.05, 3.63) is 42.5 Å². The third kappa shape index (κ3) is 4.49. The number of anilines is 1. The van der Waals surface area contributed by atoms with Crippen LogP contribution in [0.2, 0.25) is 0 Å². The van der Waals surface area contributed by atoms with E-state index < -0.39 is 0 Å². The van der Waals surface area contributed by atoms with E-state index in [0.29, 0.717) is 12.4 Å². The maximum absolute atomic E-state index is 12.2. The van der Waals surface area contributed by atoms with Crippen molar-refractivity contribution in [1.82, 2.24) is 9.97 Å². The van der Waals surface area contributed by atoms with E-state index in [1.54, 1.807) is 11.8 Å². The van der Waals surface area contributed by atoms with Gasteiger partial charge in [-0.2, -0.15) is 0 Å². The number of imidazole rings is 1. The van der Waals surface area contributed by atoms with Gasteiger partial charge in [0.25, 0.3) is 0 Å². The zero-order valence-corrected chi connectivity index (χ0v) is 15.7. The molecule has 0 radical (unpaired) electrons. The number of para-hydroxylation sites is 1. The molecule has 1 heterocycles. The van der Waals surface area contributed by atoms with Gasteiger partial charge < -0.3 is 15.0 Å². The van der Waals surface area contributed by atoms with Crippen LogP contribution in [0.1, 0.15) is 6.92 Å². The average molecular weight is 374 g/mol.